The van der Waals surface area contributed by atoms with Crippen LogP contribution in [0.25, 0.3) is 6.08 Å². The molecule has 3 rings (SSSR count). The van der Waals surface area contributed by atoms with Crippen molar-refractivity contribution in [1.29, 1.82) is 0 Å². The Morgan fingerprint density at radius 2 is 2.09 bits per heavy atom. The molecule has 0 aliphatic carbocycles. The highest BCUT2D eigenvalue weighted by Crippen LogP contribution is 2.29. The number of hydrogen-bond donors (Lipinski definition) is 2. The number of nitrogens with one attached hydrogen (secondary N) is 2. The lowest BCUT2D eigenvalue weighted by molar-refractivity contribution is -0.115. The first-order valence-electron chi connectivity index (χ1n) is 6.77. The molecule has 0 unspecified atom stereocenters. The number of hydrogen-bond acceptors (Lipinski definition) is 5. The van der Waals surface area contributed by atoms with Crippen molar-refractivity contribution in [2.45, 2.75) is 0 Å². The van der Waals surface area contributed by atoms with Gasteiger partial charge in [0.15, 0.2) is 5.17 Å². The highest BCUT2D eigenvalue weighted by atomic mass is 32.2. The highest BCUT2D eigenvalue weighted by molar-refractivity contribution is 8.18. The first-order valence-corrected chi connectivity index (χ1v) is 7.59. The van der Waals surface area contributed by atoms with Gasteiger partial charge >= 0.3 is 5.97 Å². The highest BCUT2D eigenvalue weighted by Gasteiger charge is 2.24. The Hall–Kier alpha value is -2.80. The number of H-pyrrole nitrogens is 1. The fourth-order valence-corrected chi connectivity index (χ4v) is 2.84. The lowest BCUT2D eigenvalue weighted by atomic mass is 10.2. The van der Waals surface area contributed by atoms with E-state index in [-0.39, 0.29) is 5.91 Å². The first-order chi connectivity index (χ1) is 11.2. The van der Waals surface area contributed by atoms with Crippen LogP contribution >= 0.6 is 11.8 Å². The number of aromatic amines is 1. The van der Waals surface area contributed by atoms with Gasteiger partial charge in [-0.25, -0.2) is 9.79 Å². The zero-order valence-corrected chi connectivity index (χ0v) is 13.0. The van der Waals surface area contributed by atoms with E-state index < -0.39 is 5.97 Å². The smallest absolute Gasteiger partial charge is 0.340 e. The number of carbonyl (C=O) groups excluding carboxylic acids is 2. The Morgan fingerprint density at radius 1 is 1.26 bits per heavy atom. The van der Waals surface area contributed by atoms with E-state index in [1.54, 1.807) is 36.5 Å². The second-order valence-corrected chi connectivity index (χ2v) is 5.65. The van der Waals surface area contributed by atoms with Gasteiger partial charge in [0.1, 0.15) is 0 Å². The van der Waals surface area contributed by atoms with E-state index in [0.717, 1.165) is 5.69 Å². The molecule has 2 heterocycles. The molecule has 1 fully saturated rings. The number of aliphatic imine (C=N–C) groups is 1. The minimum atomic E-state index is -0.471. The van der Waals surface area contributed by atoms with Gasteiger partial charge in [-0.3, -0.25) is 4.79 Å². The van der Waals surface area contributed by atoms with Crippen LogP contribution in [0.4, 0.5) is 5.69 Å². The van der Waals surface area contributed by atoms with E-state index in [2.05, 4.69) is 15.3 Å². The topological polar surface area (TPSA) is 83.5 Å². The van der Waals surface area contributed by atoms with Crippen LogP contribution in [0.2, 0.25) is 0 Å². The Balaban J connectivity index is 1.88. The van der Waals surface area contributed by atoms with Crippen LogP contribution in [0.1, 0.15) is 16.1 Å². The van der Waals surface area contributed by atoms with Gasteiger partial charge in [0, 0.05) is 11.9 Å². The first kappa shape index (κ1) is 15.1. The van der Waals surface area contributed by atoms with Crippen LogP contribution in [0, 0.1) is 0 Å². The summed E-state index contributed by atoms with van der Waals surface area (Å²) < 4.78 is 4.74. The van der Waals surface area contributed by atoms with Gasteiger partial charge in [-0.2, -0.15) is 0 Å². The van der Waals surface area contributed by atoms with Gasteiger partial charge in [-0.15, -0.1) is 0 Å². The standard InChI is InChI=1S/C16H13N3O3S/c1-22-15(21)11-6-2-3-7-12(11)18-16-19-14(20)13(23-16)9-10-5-4-8-17-10/h2-9,17H,1H3,(H,18,19,20)/b13-9+. The van der Waals surface area contributed by atoms with E-state index in [1.165, 1.54) is 18.9 Å². The third kappa shape index (κ3) is 3.35. The zero-order valence-electron chi connectivity index (χ0n) is 12.2. The van der Waals surface area contributed by atoms with Crippen molar-refractivity contribution >= 4 is 40.6 Å². The molecule has 1 aromatic carbocycles. The number of aromatic nitrogens is 1. The van der Waals surface area contributed by atoms with Crippen molar-refractivity contribution in [2.75, 3.05) is 7.11 Å². The van der Waals surface area contributed by atoms with Crippen LogP contribution < -0.4 is 5.32 Å². The molecule has 0 saturated carbocycles. The second kappa shape index (κ2) is 6.53. The minimum Gasteiger partial charge on any atom is -0.465 e. The summed E-state index contributed by atoms with van der Waals surface area (Å²) in [6, 6.07) is 10.5. The Bertz CT molecular complexity index is 810. The molecule has 0 spiro atoms. The number of nitrogens with zero attached hydrogens (tertiary/aromatic N) is 1. The summed E-state index contributed by atoms with van der Waals surface area (Å²) in [4.78, 5) is 31.6. The number of methoxy groups -OCH3 is 1. The number of ether oxygens (including phenoxy) is 1. The van der Waals surface area contributed by atoms with E-state index >= 15 is 0 Å². The van der Waals surface area contributed by atoms with Gasteiger partial charge in [-0.1, -0.05) is 12.1 Å². The molecule has 1 aliphatic rings. The molecule has 0 radical (unpaired) electrons. The van der Waals surface area contributed by atoms with Crippen LogP contribution in [-0.2, 0) is 9.53 Å². The molecule has 1 aromatic heterocycles. The summed E-state index contributed by atoms with van der Waals surface area (Å²) in [6.45, 7) is 0. The van der Waals surface area contributed by atoms with Gasteiger partial charge in [-0.05, 0) is 42.1 Å². The van der Waals surface area contributed by atoms with Gasteiger partial charge in [0.25, 0.3) is 5.91 Å². The van der Waals surface area contributed by atoms with Gasteiger partial charge < -0.3 is 15.0 Å². The number of amides is 1. The molecule has 6 nitrogen and oxygen atoms in total. The second-order valence-electron chi connectivity index (χ2n) is 4.62. The maximum absolute atomic E-state index is 12.0. The van der Waals surface area contributed by atoms with Crippen LogP contribution in [0.3, 0.4) is 0 Å². The number of benzene rings is 1. The van der Waals surface area contributed by atoms with E-state index in [9.17, 15) is 9.59 Å². The van der Waals surface area contributed by atoms with Crippen LogP contribution in [-0.4, -0.2) is 29.1 Å². The molecule has 7 heteroatoms. The summed E-state index contributed by atoms with van der Waals surface area (Å²) in [6.07, 6.45) is 3.53. The summed E-state index contributed by atoms with van der Waals surface area (Å²) in [7, 11) is 1.32. The molecule has 23 heavy (non-hydrogen) atoms. The summed E-state index contributed by atoms with van der Waals surface area (Å²) in [5, 5.41) is 3.11. The minimum absolute atomic E-state index is 0.223. The fourth-order valence-electron chi connectivity index (χ4n) is 2.02. The molecular weight excluding hydrogens is 314 g/mol. The number of rotatable bonds is 3. The fraction of sp³-hybridized carbons (Fsp3) is 0.0625. The molecule has 116 valence electrons. The van der Waals surface area contributed by atoms with Crippen molar-refractivity contribution < 1.29 is 14.3 Å². The summed E-state index contributed by atoms with van der Waals surface area (Å²) in [5.41, 5.74) is 1.63. The molecule has 1 saturated heterocycles. The van der Waals surface area contributed by atoms with E-state index in [4.69, 9.17) is 4.74 Å². The Labute approximate surface area is 136 Å². The Kier molecular flexibility index (Phi) is 4.29. The maximum atomic E-state index is 12.0. The van der Waals surface area contributed by atoms with E-state index in [0.29, 0.717) is 21.3 Å². The average molecular weight is 327 g/mol. The SMILES string of the molecule is COC(=O)c1ccccc1N=C1NC(=O)/C(=C\c2ccc[nH]2)S1. The van der Waals surface area contributed by atoms with Crippen molar-refractivity contribution in [1.82, 2.24) is 10.3 Å². The third-order valence-electron chi connectivity index (χ3n) is 3.09. The molecule has 0 bridgehead atoms. The molecule has 1 aliphatic heterocycles. The summed E-state index contributed by atoms with van der Waals surface area (Å²) in [5.74, 6) is -0.694. The quantitative estimate of drug-likeness (QED) is 0.670. The lowest BCUT2D eigenvalue weighted by Crippen LogP contribution is -2.19. The number of esters is 1. The molecule has 2 N–H and O–H groups in total. The number of para-hydroxylation sites is 1. The normalized spacial score (nSPS) is 17.5. The zero-order chi connectivity index (χ0) is 16.2. The third-order valence-corrected chi connectivity index (χ3v) is 4.00. The molecule has 2 aromatic rings. The largest absolute Gasteiger partial charge is 0.465 e. The predicted octanol–water partition coefficient (Wildman–Crippen LogP) is 2.69. The average Bonchev–Trinajstić information content (AvgIpc) is 3.18. The number of amidine groups is 1. The van der Waals surface area contributed by atoms with Crippen molar-refractivity contribution in [3.63, 3.8) is 0 Å². The predicted molar refractivity (Wildman–Crippen MR) is 89.4 cm³/mol. The van der Waals surface area contributed by atoms with Crippen molar-refractivity contribution in [3.8, 4) is 0 Å². The number of thioether (sulfide) groups is 1. The van der Waals surface area contributed by atoms with E-state index in [1.807, 2.05) is 12.1 Å². The maximum Gasteiger partial charge on any atom is 0.340 e. The van der Waals surface area contributed by atoms with Crippen LogP contribution in [0.5, 0.6) is 0 Å². The van der Waals surface area contributed by atoms with Crippen LogP contribution in [0.15, 0.2) is 52.5 Å². The monoisotopic (exact) mass is 327 g/mol. The molecule has 0 atom stereocenters. The molecule has 1 amide bonds. The van der Waals surface area contributed by atoms with Crippen molar-refractivity contribution in [2.24, 2.45) is 4.99 Å². The summed E-state index contributed by atoms with van der Waals surface area (Å²) >= 11 is 1.22. The van der Waals surface area contributed by atoms with Gasteiger partial charge in [0.05, 0.1) is 23.3 Å². The Morgan fingerprint density at radius 3 is 2.83 bits per heavy atom. The van der Waals surface area contributed by atoms with Crippen molar-refractivity contribution in [3.05, 3.63) is 58.8 Å². The number of carbonyl (C=O) groups is 2. The molecular formula is C16H13N3O3S. The lowest BCUT2D eigenvalue weighted by Gasteiger charge is -2.03. The van der Waals surface area contributed by atoms with Gasteiger partial charge in [0.2, 0.25) is 0 Å².